The predicted molar refractivity (Wildman–Crippen MR) is 123 cm³/mol. The summed E-state index contributed by atoms with van der Waals surface area (Å²) in [6, 6.07) is 3.68. The van der Waals surface area contributed by atoms with E-state index in [-0.39, 0.29) is 17.4 Å². The normalized spacial score (nSPS) is 17.8. The van der Waals surface area contributed by atoms with Gasteiger partial charge in [-0.15, -0.1) is 6.58 Å². The number of imide groups is 1. The van der Waals surface area contributed by atoms with Crippen molar-refractivity contribution in [3.63, 3.8) is 0 Å². The molecule has 0 spiro atoms. The molecular weight excluding hydrogens is 432 g/mol. The second-order valence-electron chi connectivity index (χ2n) is 7.13. The Bertz CT molecular complexity index is 923. The molecule has 0 aromatic heterocycles. The van der Waals surface area contributed by atoms with Crippen LogP contribution < -0.4 is 9.47 Å². The average molecular weight is 461 g/mol. The molecule has 3 amide bonds. The van der Waals surface area contributed by atoms with Crippen LogP contribution in [0.25, 0.3) is 6.08 Å². The van der Waals surface area contributed by atoms with Gasteiger partial charge in [0.15, 0.2) is 11.5 Å². The first kappa shape index (κ1) is 23.9. The molecule has 0 bridgehead atoms. The minimum atomic E-state index is -0.473. The molecule has 1 aromatic rings. The quantitative estimate of drug-likeness (QED) is 0.413. The van der Waals surface area contributed by atoms with Crippen LogP contribution in [0.5, 0.6) is 11.5 Å². The fourth-order valence-corrected chi connectivity index (χ4v) is 4.32. The molecule has 2 heterocycles. The average Bonchev–Trinajstić information content (AvgIpc) is 3.04. The molecule has 1 aromatic carbocycles. The third kappa shape index (κ3) is 5.52. The largest absolute Gasteiger partial charge is 0.490 e. The van der Waals surface area contributed by atoms with Crippen LogP contribution in [0.15, 0.2) is 29.7 Å². The van der Waals surface area contributed by atoms with Gasteiger partial charge in [0.05, 0.1) is 31.3 Å². The van der Waals surface area contributed by atoms with Crippen molar-refractivity contribution in [3.8, 4) is 11.5 Å². The van der Waals surface area contributed by atoms with Crippen molar-refractivity contribution in [2.45, 2.75) is 20.3 Å². The molecule has 8 nitrogen and oxygen atoms in total. The standard InChI is InChI=1S/C23H28N2O6S/c1-4-7-17-12-16(13-18(30-5-2)21(17)31-6-3)14-19-22(27)25(23(28)32-19)15-20(26)24-8-10-29-11-9-24/h4,12-14H,1,5-11,15H2,2-3H3/b19-14-. The highest BCUT2D eigenvalue weighted by molar-refractivity contribution is 8.18. The van der Waals surface area contributed by atoms with Crippen LogP contribution in [0, 0.1) is 0 Å². The van der Waals surface area contributed by atoms with Crippen LogP contribution in [-0.2, 0) is 20.7 Å². The first-order valence-corrected chi connectivity index (χ1v) is 11.4. The summed E-state index contributed by atoms with van der Waals surface area (Å²) in [7, 11) is 0. The van der Waals surface area contributed by atoms with Crippen LogP contribution in [0.2, 0.25) is 0 Å². The van der Waals surface area contributed by atoms with Gasteiger partial charge >= 0.3 is 0 Å². The number of ether oxygens (including phenoxy) is 3. The Hall–Kier alpha value is -2.78. The Morgan fingerprint density at radius 1 is 1.19 bits per heavy atom. The third-order valence-corrected chi connectivity index (χ3v) is 5.84. The molecule has 2 fully saturated rings. The van der Waals surface area contributed by atoms with E-state index in [9.17, 15) is 14.4 Å². The summed E-state index contributed by atoms with van der Waals surface area (Å²) >= 11 is 0.829. The van der Waals surface area contributed by atoms with Gasteiger partial charge in [-0.05, 0) is 55.8 Å². The topological polar surface area (TPSA) is 85.4 Å². The summed E-state index contributed by atoms with van der Waals surface area (Å²) in [6.07, 6.45) is 3.98. The van der Waals surface area contributed by atoms with Crippen molar-refractivity contribution in [1.82, 2.24) is 9.80 Å². The molecule has 3 rings (SSSR count). The van der Waals surface area contributed by atoms with E-state index in [1.165, 1.54) is 0 Å². The number of carbonyl (C=O) groups excluding carboxylic acids is 3. The van der Waals surface area contributed by atoms with Gasteiger partial charge in [0.25, 0.3) is 11.1 Å². The molecule has 0 radical (unpaired) electrons. The van der Waals surface area contributed by atoms with E-state index in [0.29, 0.717) is 63.0 Å². The Morgan fingerprint density at radius 3 is 2.56 bits per heavy atom. The fourth-order valence-electron chi connectivity index (χ4n) is 3.48. The SMILES string of the molecule is C=CCc1cc(/C=C2\SC(=O)N(CC(=O)N3CCOCC3)C2=O)cc(OCC)c1OCC. The van der Waals surface area contributed by atoms with Crippen LogP contribution in [0.1, 0.15) is 25.0 Å². The lowest BCUT2D eigenvalue weighted by atomic mass is 10.0. The van der Waals surface area contributed by atoms with E-state index >= 15 is 0 Å². The van der Waals surface area contributed by atoms with Crippen molar-refractivity contribution < 1.29 is 28.6 Å². The summed E-state index contributed by atoms with van der Waals surface area (Å²) < 4.78 is 16.8. The van der Waals surface area contributed by atoms with Crippen LogP contribution >= 0.6 is 11.8 Å². The Labute approximate surface area is 192 Å². The van der Waals surface area contributed by atoms with E-state index in [2.05, 4.69) is 6.58 Å². The number of thioether (sulfide) groups is 1. The predicted octanol–water partition coefficient (Wildman–Crippen LogP) is 3.11. The Kier molecular flexibility index (Phi) is 8.35. The molecule has 9 heteroatoms. The highest BCUT2D eigenvalue weighted by Crippen LogP contribution is 2.37. The lowest BCUT2D eigenvalue weighted by Crippen LogP contribution is -2.46. The minimum Gasteiger partial charge on any atom is -0.490 e. The van der Waals surface area contributed by atoms with Gasteiger partial charge in [0.1, 0.15) is 6.54 Å². The zero-order chi connectivity index (χ0) is 23.1. The van der Waals surface area contributed by atoms with E-state index in [1.54, 1.807) is 23.1 Å². The maximum atomic E-state index is 12.9. The van der Waals surface area contributed by atoms with Gasteiger partial charge in [-0.25, -0.2) is 0 Å². The zero-order valence-electron chi connectivity index (χ0n) is 18.4. The number of hydrogen-bond donors (Lipinski definition) is 0. The van der Waals surface area contributed by atoms with Crippen LogP contribution in [0.4, 0.5) is 4.79 Å². The van der Waals surface area contributed by atoms with Crippen LogP contribution in [-0.4, -0.2) is 72.9 Å². The van der Waals surface area contributed by atoms with Crippen molar-refractivity contribution in [2.75, 3.05) is 46.1 Å². The number of allylic oxidation sites excluding steroid dienone is 1. The summed E-state index contributed by atoms with van der Waals surface area (Å²) in [5, 5.41) is -0.454. The van der Waals surface area contributed by atoms with Crippen molar-refractivity contribution >= 4 is 34.9 Å². The number of morpholine rings is 1. The molecule has 0 saturated carbocycles. The Morgan fingerprint density at radius 2 is 1.91 bits per heavy atom. The second-order valence-corrected chi connectivity index (χ2v) is 8.12. The summed E-state index contributed by atoms with van der Waals surface area (Å²) in [4.78, 5) is 40.7. The molecule has 32 heavy (non-hydrogen) atoms. The molecule has 2 aliphatic rings. The third-order valence-electron chi connectivity index (χ3n) is 4.94. The number of hydrogen-bond acceptors (Lipinski definition) is 7. The zero-order valence-corrected chi connectivity index (χ0v) is 19.2. The Balaban J connectivity index is 1.84. The van der Waals surface area contributed by atoms with Crippen molar-refractivity contribution in [3.05, 3.63) is 40.8 Å². The number of nitrogens with zero attached hydrogens (tertiary/aromatic N) is 2. The maximum Gasteiger partial charge on any atom is 0.294 e. The number of carbonyl (C=O) groups is 3. The van der Waals surface area contributed by atoms with Gasteiger partial charge < -0.3 is 19.1 Å². The molecule has 0 aliphatic carbocycles. The highest BCUT2D eigenvalue weighted by atomic mass is 32.2. The first-order chi connectivity index (χ1) is 15.5. The van der Waals surface area contributed by atoms with E-state index < -0.39 is 11.1 Å². The summed E-state index contributed by atoms with van der Waals surface area (Å²) in [5.41, 5.74) is 1.58. The maximum absolute atomic E-state index is 12.9. The van der Waals surface area contributed by atoms with E-state index in [0.717, 1.165) is 22.2 Å². The van der Waals surface area contributed by atoms with Crippen molar-refractivity contribution in [2.24, 2.45) is 0 Å². The monoisotopic (exact) mass is 460 g/mol. The molecule has 172 valence electrons. The first-order valence-electron chi connectivity index (χ1n) is 10.6. The van der Waals surface area contributed by atoms with E-state index in [4.69, 9.17) is 14.2 Å². The molecule has 2 aliphatic heterocycles. The molecular formula is C23H28N2O6S. The van der Waals surface area contributed by atoms with E-state index in [1.807, 2.05) is 19.9 Å². The fraction of sp³-hybridized carbons (Fsp3) is 0.435. The molecule has 0 unspecified atom stereocenters. The van der Waals surface area contributed by atoms with Gasteiger partial charge in [0, 0.05) is 18.7 Å². The number of benzene rings is 1. The number of amides is 3. The van der Waals surface area contributed by atoms with Gasteiger partial charge in [0.2, 0.25) is 5.91 Å². The smallest absolute Gasteiger partial charge is 0.294 e. The van der Waals surface area contributed by atoms with Gasteiger partial charge in [-0.2, -0.15) is 0 Å². The van der Waals surface area contributed by atoms with Gasteiger partial charge in [-0.1, -0.05) is 6.08 Å². The second kappa shape index (κ2) is 11.2. The summed E-state index contributed by atoms with van der Waals surface area (Å²) in [6.45, 7) is 10.1. The van der Waals surface area contributed by atoms with Gasteiger partial charge in [-0.3, -0.25) is 19.3 Å². The van der Waals surface area contributed by atoms with Crippen LogP contribution in [0.3, 0.4) is 0 Å². The number of rotatable bonds is 9. The summed E-state index contributed by atoms with van der Waals surface area (Å²) in [5.74, 6) is 0.487. The highest BCUT2D eigenvalue weighted by Gasteiger charge is 2.37. The van der Waals surface area contributed by atoms with Crippen molar-refractivity contribution in [1.29, 1.82) is 0 Å². The lowest BCUT2D eigenvalue weighted by molar-refractivity contribution is -0.139. The molecule has 0 N–H and O–H groups in total. The molecule has 0 atom stereocenters. The molecule has 2 saturated heterocycles. The minimum absolute atomic E-state index is 0.259. The lowest BCUT2D eigenvalue weighted by Gasteiger charge is -2.28.